The third-order valence-electron chi connectivity index (χ3n) is 8.44. The van der Waals surface area contributed by atoms with E-state index in [2.05, 4.69) is 49.2 Å². The lowest BCUT2D eigenvalue weighted by Gasteiger charge is -2.28. The van der Waals surface area contributed by atoms with Crippen molar-refractivity contribution in [3.8, 4) is 18.1 Å². The zero-order chi connectivity index (χ0) is 41.6. The predicted molar refractivity (Wildman–Crippen MR) is 224 cm³/mol. The molecule has 0 saturated carbocycles. The first-order valence-corrected chi connectivity index (χ1v) is 20.0. The van der Waals surface area contributed by atoms with Gasteiger partial charge in [-0.05, 0) is 42.9 Å². The molecule has 0 radical (unpaired) electrons. The molecular weight excluding hydrogens is 802 g/mol. The van der Waals surface area contributed by atoms with E-state index in [-0.39, 0.29) is 54.6 Å². The Kier molecular flexibility index (Phi) is 18.1. The SMILES string of the molecule is C#CCN1C(=O)COc2cc(F)c(/N=c3\snc4n3CC(C)(C)C4)cc21.C=CCN(CC=C)C(=O)C(Cl)Cl.CCOCN(C(=O)CCl)c1c(C)cccc1CC. The van der Waals surface area contributed by atoms with Crippen molar-refractivity contribution in [1.82, 2.24) is 13.8 Å². The fraction of sp³-hybridized carbons (Fsp3) is 0.425. The molecule has 0 unspecified atom stereocenters. The molecule has 1 aromatic heterocycles. The van der Waals surface area contributed by atoms with Gasteiger partial charge >= 0.3 is 0 Å². The van der Waals surface area contributed by atoms with E-state index in [1.807, 2.05) is 36.6 Å². The van der Waals surface area contributed by atoms with Gasteiger partial charge in [0.1, 0.15) is 29.9 Å². The molecule has 11 nitrogen and oxygen atoms in total. The third kappa shape index (κ3) is 12.2. The number of aromatic nitrogens is 2. The molecule has 3 aromatic rings. The molecule has 0 atom stereocenters. The van der Waals surface area contributed by atoms with Crippen molar-refractivity contribution in [2.75, 3.05) is 55.3 Å². The number of aryl methyl sites for hydroxylation is 2. The van der Waals surface area contributed by atoms with Crippen LogP contribution < -0.4 is 19.3 Å². The lowest BCUT2D eigenvalue weighted by atomic mass is 9.92. The van der Waals surface area contributed by atoms with Crippen LogP contribution in [-0.2, 0) is 38.5 Å². The molecule has 3 amide bonds. The minimum absolute atomic E-state index is 0.0371. The molecule has 0 spiro atoms. The predicted octanol–water partition coefficient (Wildman–Crippen LogP) is 7.37. The summed E-state index contributed by atoms with van der Waals surface area (Å²) in [4.78, 5) is 43.8. The van der Waals surface area contributed by atoms with Gasteiger partial charge in [-0.15, -0.1) is 31.2 Å². The molecule has 0 saturated heterocycles. The molecule has 0 N–H and O–H groups in total. The molecule has 0 fully saturated rings. The first-order valence-electron chi connectivity index (χ1n) is 17.8. The number of amides is 3. The lowest BCUT2D eigenvalue weighted by Crippen LogP contribution is -2.39. The highest BCUT2D eigenvalue weighted by Gasteiger charge is 2.31. The topological polar surface area (TPSA) is 110 Å². The molecule has 2 aliphatic heterocycles. The molecular formula is C40H48Cl3FN6O5S. The lowest BCUT2D eigenvalue weighted by molar-refractivity contribution is -0.128. The van der Waals surface area contributed by atoms with Crippen molar-refractivity contribution >= 4 is 81.1 Å². The van der Waals surface area contributed by atoms with Crippen molar-refractivity contribution < 1.29 is 28.2 Å². The maximum Gasteiger partial charge on any atom is 0.265 e. The minimum Gasteiger partial charge on any atom is -0.481 e. The van der Waals surface area contributed by atoms with Crippen LogP contribution in [0.3, 0.4) is 0 Å². The van der Waals surface area contributed by atoms with Crippen LogP contribution in [0.25, 0.3) is 0 Å². The van der Waals surface area contributed by atoms with Crippen LogP contribution in [0.5, 0.6) is 5.75 Å². The van der Waals surface area contributed by atoms with E-state index in [1.165, 1.54) is 33.5 Å². The number of anilines is 2. The Bertz CT molecular complexity index is 1980. The van der Waals surface area contributed by atoms with Crippen molar-refractivity contribution in [2.24, 2.45) is 10.4 Å². The van der Waals surface area contributed by atoms with E-state index in [0.717, 1.165) is 42.0 Å². The average molecular weight is 850 g/mol. The summed E-state index contributed by atoms with van der Waals surface area (Å²) in [5.41, 5.74) is 3.80. The highest BCUT2D eigenvalue weighted by molar-refractivity contribution is 7.02. The van der Waals surface area contributed by atoms with Gasteiger partial charge in [-0.1, -0.05) is 80.2 Å². The Balaban J connectivity index is 0.000000245. The summed E-state index contributed by atoms with van der Waals surface area (Å²) in [7, 11) is 0. The largest absolute Gasteiger partial charge is 0.481 e. The number of rotatable bonds is 13. The van der Waals surface area contributed by atoms with Crippen LogP contribution in [0, 0.1) is 30.5 Å². The highest BCUT2D eigenvalue weighted by Crippen LogP contribution is 2.37. The Morgan fingerprint density at radius 3 is 2.52 bits per heavy atom. The zero-order valence-electron chi connectivity index (χ0n) is 32.3. The summed E-state index contributed by atoms with van der Waals surface area (Å²) in [5.74, 6) is 2.43. The number of alkyl halides is 3. The summed E-state index contributed by atoms with van der Waals surface area (Å²) >= 11 is 17.7. The van der Waals surface area contributed by atoms with Crippen molar-refractivity contribution in [2.45, 2.75) is 58.8 Å². The van der Waals surface area contributed by atoms with Crippen LogP contribution in [0.4, 0.5) is 21.5 Å². The van der Waals surface area contributed by atoms with Crippen molar-refractivity contribution in [3.05, 3.63) is 83.2 Å². The summed E-state index contributed by atoms with van der Waals surface area (Å²) in [6, 6.07) is 8.78. The van der Waals surface area contributed by atoms with Crippen LogP contribution in [0.1, 0.15) is 44.6 Å². The number of ether oxygens (including phenoxy) is 2. The highest BCUT2D eigenvalue weighted by atomic mass is 35.5. The van der Waals surface area contributed by atoms with Gasteiger partial charge in [0.2, 0.25) is 10.7 Å². The second-order valence-corrected chi connectivity index (χ2v) is 15.4. The zero-order valence-corrected chi connectivity index (χ0v) is 35.4. The van der Waals surface area contributed by atoms with Gasteiger partial charge in [0.05, 0.1) is 17.9 Å². The Morgan fingerprint density at radius 2 is 1.93 bits per heavy atom. The summed E-state index contributed by atoms with van der Waals surface area (Å²) in [6.07, 6.45) is 10.3. The minimum atomic E-state index is -1.01. The molecule has 0 bridgehead atoms. The fourth-order valence-corrected chi connectivity index (χ4v) is 7.04. The van der Waals surface area contributed by atoms with E-state index in [1.54, 1.807) is 17.1 Å². The van der Waals surface area contributed by atoms with Crippen molar-refractivity contribution in [1.29, 1.82) is 0 Å². The van der Waals surface area contributed by atoms with Gasteiger partial charge in [0.25, 0.3) is 11.8 Å². The second kappa shape index (κ2) is 21.9. The van der Waals surface area contributed by atoms with Gasteiger partial charge in [-0.2, -0.15) is 4.37 Å². The number of fused-ring (bicyclic) bond motifs is 2. The molecule has 16 heteroatoms. The van der Waals surface area contributed by atoms with Crippen LogP contribution in [0.2, 0.25) is 0 Å². The molecule has 2 aliphatic rings. The van der Waals surface area contributed by atoms with E-state index in [0.29, 0.717) is 35.9 Å². The van der Waals surface area contributed by atoms with E-state index in [9.17, 15) is 18.8 Å². The first kappa shape index (κ1) is 46.2. The number of benzene rings is 2. The Labute approximate surface area is 347 Å². The summed E-state index contributed by atoms with van der Waals surface area (Å²) in [6.45, 7) is 19.7. The molecule has 5 rings (SSSR count). The van der Waals surface area contributed by atoms with E-state index in [4.69, 9.17) is 50.7 Å². The number of terminal acetylenes is 1. The van der Waals surface area contributed by atoms with Crippen LogP contribution in [-0.4, -0.2) is 81.9 Å². The monoisotopic (exact) mass is 848 g/mol. The summed E-state index contributed by atoms with van der Waals surface area (Å²) in [5, 5.41) is 0. The van der Waals surface area contributed by atoms with Crippen LogP contribution in [0.15, 0.2) is 60.6 Å². The number of para-hydroxylation sites is 1. The van der Waals surface area contributed by atoms with Crippen LogP contribution >= 0.6 is 46.3 Å². The standard InChI is InChI=1S/C18H17FN4O2S.C14H20ClNO2.C8H11Cl2NO/c1-4-5-22-13-7-12(11(19)6-14(13)25-9-16(22)24)20-17-23-10-18(2,3)8-15(23)21-26-17;1-4-12-8-6-7-11(3)14(12)16(10-18-5-2)13(17)9-15;1-3-5-11(6-4-2)8(12)7(9)10/h1,6-7H,5,8-10H2,2-3H3;6-8H,4-5,9-10H2,1-3H3;3-4,7H,1-2,5-6H2/b20-17-;;. The first-order chi connectivity index (χ1) is 26.7. The molecule has 56 heavy (non-hydrogen) atoms. The van der Waals surface area contributed by atoms with Gasteiger partial charge in [-0.25, -0.2) is 9.38 Å². The molecule has 3 heterocycles. The van der Waals surface area contributed by atoms with Gasteiger partial charge in [-0.3, -0.25) is 24.2 Å². The quantitative estimate of drug-likeness (QED) is 0.0770. The van der Waals surface area contributed by atoms with E-state index >= 15 is 0 Å². The Hall–Kier alpha value is -4.19. The smallest absolute Gasteiger partial charge is 0.265 e. The number of hydrogen-bond donors (Lipinski definition) is 0. The second-order valence-electron chi connectivity index (χ2n) is 13.3. The number of carbonyl (C=O) groups is 3. The molecule has 0 aliphatic carbocycles. The van der Waals surface area contributed by atoms with Gasteiger partial charge in [0.15, 0.2) is 17.3 Å². The van der Waals surface area contributed by atoms with Crippen molar-refractivity contribution in [3.63, 3.8) is 0 Å². The number of carbonyl (C=O) groups excluding carboxylic acids is 3. The normalized spacial score (nSPS) is 13.9. The average Bonchev–Trinajstić information content (AvgIpc) is 3.68. The number of halogens is 4. The maximum absolute atomic E-state index is 14.5. The van der Waals surface area contributed by atoms with E-state index < -0.39 is 10.7 Å². The Morgan fingerprint density at radius 1 is 1.23 bits per heavy atom. The van der Waals surface area contributed by atoms with Gasteiger partial charge in [0, 0.05) is 50.3 Å². The third-order valence-corrected chi connectivity index (χ3v) is 9.82. The fourth-order valence-electron chi connectivity index (χ4n) is 5.86. The maximum atomic E-state index is 14.5. The molecule has 302 valence electrons. The van der Waals surface area contributed by atoms with Gasteiger partial charge < -0.3 is 18.9 Å². The number of hydrogen-bond acceptors (Lipinski definition) is 8. The summed E-state index contributed by atoms with van der Waals surface area (Å²) < 4.78 is 31.7. The number of nitrogens with zero attached hydrogens (tertiary/aromatic N) is 6. The molecule has 2 aromatic carbocycles.